The van der Waals surface area contributed by atoms with Crippen molar-refractivity contribution in [1.29, 1.82) is 0 Å². The van der Waals surface area contributed by atoms with Crippen molar-refractivity contribution >= 4 is 28.9 Å². The molecule has 0 spiro atoms. The van der Waals surface area contributed by atoms with E-state index < -0.39 is 0 Å². The summed E-state index contributed by atoms with van der Waals surface area (Å²) >= 11 is 4.89. The normalized spacial score (nSPS) is 12.8. The van der Waals surface area contributed by atoms with E-state index in [-0.39, 0.29) is 10.9 Å². The summed E-state index contributed by atoms with van der Waals surface area (Å²) in [6.45, 7) is 0.865. The summed E-state index contributed by atoms with van der Waals surface area (Å²) in [5.41, 5.74) is 6.40. The summed E-state index contributed by atoms with van der Waals surface area (Å²) in [5.74, 6) is 0.964. The number of hydrogen-bond acceptors (Lipinski definition) is 5. The smallest absolute Gasteiger partial charge is 0.260 e. The molecule has 2 heterocycles. The van der Waals surface area contributed by atoms with Crippen molar-refractivity contribution in [1.82, 2.24) is 10.2 Å². The summed E-state index contributed by atoms with van der Waals surface area (Å²) in [6.07, 6.45) is 1.46. The lowest BCUT2D eigenvalue weighted by Gasteiger charge is -2.20. The number of nitrogens with one attached hydrogen (secondary N) is 2. The Balaban J connectivity index is 1.89. The predicted octanol–water partition coefficient (Wildman–Crippen LogP) is 1.07. The van der Waals surface area contributed by atoms with Crippen molar-refractivity contribution in [3.63, 3.8) is 0 Å². The molecule has 0 atom stereocenters. The third-order valence-electron chi connectivity index (χ3n) is 2.95. The second kappa shape index (κ2) is 5.41. The number of hydrogen-bond donors (Lipinski definition) is 3. The number of aromatic amines is 1. The van der Waals surface area contributed by atoms with E-state index in [4.69, 9.17) is 27.4 Å². The number of anilines is 1. The molecular weight excluding hydrogens is 292 g/mol. The van der Waals surface area contributed by atoms with Crippen LogP contribution in [-0.4, -0.2) is 34.3 Å². The molecule has 21 heavy (non-hydrogen) atoms. The van der Waals surface area contributed by atoms with Gasteiger partial charge in [0, 0.05) is 0 Å². The maximum absolute atomic E-state index is 12.4. The fraction of sp³-hybridized carbons (Fsp3) is 0.154. The fourth-order valence-electron chi connectivity index (χ4n) is 2.00. The number of nitrogens with two attached hydrogens (primary N) is 1. The van der Waals surface area contributed by atoms with Crippen LogP contribution in [-0.2, 0) is 0 Å². The molecule has 2 aromatic rings. The lowest BCUT2D eigenvalue weighted by molar-refractivity contribution is 0.101. The van der Waals surface area contributed by atoms with Gasteiger partial charge in [-0.2, -0.15) is 5.10 Å². The van der Waals surface area contributed by atoms with E-state index in [1.54, 1.807) is 18.2 Å². The molecule has 0 radical (unpaired) electrons. The molecule has 0 fully saturated rings. The summed E-state index contributed by atoms with van der Waals surface area (Å²) in [5, 5.41) is 9.14. The zero-order chi connectivity index (χ0) is 14.8. The van der Waals surface area contributed by atoms with Gasteiger partial charge < -0.3 is 20.5 Å². The molecule has 0 aliphatic carbocycles. The molecule has 0 saturated carbocycles. The Kier molecular flexibility index (Phi) is 3.44. The van der Waals surface area contributed by atoms with E-state index in [1.807, 2.05) is 0 Å². The first kappa shape index (κ1) is 13.4. The van der Waals surface area contributed by atoms with E-state index in [2.05, 4.69) is 15.5 Å². The van der Waals surface area contributed by atoms with Gasteiger partial charge in [0.25, 0.3) is 5.91 Å². The highest BCUT2D eigenvalue weighted by atomic mass is 32.1. The van der Waals surface area contributed by atoms with Crippen LogP contribution in [0.1, 0.15) is 15.9 Å². The minimum atomic E-state index is -0.362. The van der Waals surface area contributed by atoms with Crippen molar-refractivity contribution < 1.29 is 14.3 Å². The van der Waals surface area contributed by atoms with E-state index >= 15 is 0 Å². The molecule has 0 bridgehead atoms. The highest BCUT2D eigenvalue weighted by Crippen LogP contribution is 2.33. The third kappa shape index (κ3) is 2.52. The quantitative estimate of drug-likeness (QED) is 0.733. The minimum Gasteiger partial charge on any atom is -0.486 e. The molecule has 1 aliphatic rings. The Morgan fingerprint density at radius 1 is 1.33 bits per heavy atom. The molecule has 1 amide bonds. The number of amides is 1. The summed E-state index contributed by atoms with van der Waals surface area (Å²) in [6, 6.07) is 5.13. The van der Waals surface area contributed by atoms with Crippen molar-refractivity contribution in [2.45, 2.75) is 0 Å². The Morgan fingerprint density at radius 3 is 2.95 bits per heavy atom. The maximum Gasteiger partial charge on any atom is 0.260 e. The number of para-hydroxylation sites is 1. The largest absolute Gasteiger partial charge is 0.486 e. The van der Waals surface area contributed by atoms with Crippen LogP contribution in [0.5, 0.6) is 11.5 Å². The van der Waals surface area contributed by atoms with Crippen molar-refractivity contribution in [2.75, 3.05) is 18.5 Å². The van der Waals surface area contributed by atoms with Crippen LogP contribution >= 0.6 is 12.2 Å². The first-order chi connectivity index (χ1) is 10.2. The monoisotopic (exact) mass is 304 g/mol. The van der Waals surface area contributed by atoms with E-state index in [9.17, 15) is 4.79 Å². The molecule has 1 aromatic heterocycles. The molecular formula is C13H12N4O3S. The number of benzene rings is 1. The minimum absolute atomic E-state index is 0.147. The topological polar surface area (TPSA) is 102 Å². The lowest BCUT2D eigenvalue weighted by atomic mass is 10.1. The number of H-pyrrole nitrogens is 1. The number of carbonyl (C=O) groups is 1. The molecule has 7 nitrogen and oxygen atoms in total. The number of fused-ring (bicyclic) bond motifs is 1. The van der Waals surface area contributed by atoms with Crippen LogP contribution in [0.15, 0.2) is 24.4 Å². The molecule has 0 unspecified atom stereocenters. The van der Waals surface area contributed by atoms with Gasteiger partial charge in [-0.25, -0.2) is 0 Å². The van der Waals surface area contributed by atoms with E-state index in [0.717, 1.165) is 0 Å². The summed E-state index contributed by atoms with van der Waals surface area (Å²) < 4.78 is 11.0. The number of thiocarbonyl (C=S) groups is 1. The van der Waals surface area contributed by atoms with Crippen molar-refractivity contribution in [2.24, 2.45) is 5.73 Å². The Hall–Kier alpha value is -2.61. The van der Waals surface area contributed by atoms with Gasteiger partial charge in [-0.05, 0) is 12.1 Å². The van der Waals surface area contributed by atoms with Crippen molar-refractivity contribution in [3.8, 4) is 11.5 Å². The first-order valence-electron chi connectivity index (χ1n) is 6.20. The van der Waals surface area contributed by atoms with Gasteiger partial charge >= 0.3 is 0 Å². The third-order valence-corrected chi connectivity index (χ3v) is 3.17. The van der Waals surface area contributed by atoms with Gasteiger partial charge in [0.15, 0.2) is 11.5 Å². The van der Waals surface area contributed by atoms with Crippen LogP contribution in [0.3, 0.4) is 0 Å². The van der Waals surface area contributed by atoms with Crippen LogP contribution < -0.4 is 20.5 Å². The molecule has 4 N–H and O–H groups in total. The highest BCUT2D eigenvalue weighted by Gasteiger charge is 2.21. The predicted molar refractivity (Wildman–Crippen MR) is 79.9 cm³/mol. The molecule has 8 heteroatoms. The zero-order valence-corrected chi connectivity index (χ0v) is 11.7. The van der Waals surface area contributed by atoms with Crippen LogP contribution in [0.25, 0.3) is 0 Å². The van der Waals surface area contributed by atoms with Crippen LogP contribution in [0, 0.1) is 0 Å². The van der Waals surface area contributed by atoms with Gasteiger partial charge in [0.2, 0.25) is 0 Å². The standard InChI is InChI=1S/C13H12N4O3S/c14-11(21)8-6-15-17-12(8)16-13(18)7-2-1-3-9-10(7)20-5-4-19-9/h1-3,6H,4-5H2,(H2,14,21)(H2,15,16,17,18). The Morgan fingerprint density at radius 2 is 2.14 bits per heavy atom. The second-order valence-corrected chi connectivity index (χ2v) is 4.75. The molecule has 1 aromatic carbocycles. The number of rotatable bonds is 3. The molecule has 0 saturated heterocycles. The number of ether oxygens (including phenoxy) is 2. The second-order valence-electron chi connectivity index (χ2n) is 4.31. The average molecular weight is 304 g/mol. The molecule has 1 aliphatic heterocycles. The van der Waals surface area contributed by atoms with Gasteiger partial charge in [0.1, 0.15) is 24.0 Å². The lowest BCUT2D eigenvalue weighted by Crippen LogP contribution is -2.21. The Labute approximate surface area is 125 Å². The van der Waals surface area contributed by atoms with Gasteiger partial charge in [0.05, 0.1) is 17.3 Å². The van der Waals surface area contributed by atoms with Crippen LogP contribution in [0.2, 0.25) is 0 Å². The number of aromatic nitrogens is 2. The SMILES string of the molecule is NC(=S)c1cn[nH]c1NC(=O)c1cccc2c1OCCO2. The van der Waals surface area contributed by atoms with E-state index in [0.29, 0.717) is 41.7 Å². The van der Waals surface area contributed by atoms with E-state index in [1.165, 1.54) is 6.20 Å². The van der Waals surface area contributed by atoms with Crippen LogP contribution in [0.4, 0.5) is 5.82 Å². The zero-order valence-electron chi connectivity index (χ0n) is 10.9. The maximum atomic E-state index is 12.4. The van der Waals surface area contributed by atoms with Gasteiger partial charge in [-0.15, -0.1) is 0 Å². The Bertz CT molecular complexity index is 713. The van der Waals surface area contributed by atoms with Crippen molar-refractivity contribution in [3.05, 3.63) is 35.5 Å². The summed E-state index contributed by atoms with van der Waals surface area (Å²) in [4.78, 5) is 12.5. The molecule has 3 rings (SSSR count). The van der Waals surface area contributed by atoms with Gasteiger partial charge in [-0.3, -0.25) is 9.89 Å². The summed E-state index contributed by atoms with van der Waals surface area (Å²) in [7, 11) is 0. The first-order valence-corrected chi connectivity index (χ1v) is 6.61. The highest BCUT2D eigenvalue weighted by molar-refractivity contribution is 7.80. The number of carbonyl (C=O) groups excluding carboxylic acids is 1. The fourth-order valence-corrected chi connectivity index (χ4v) is 2.16. The molecule has 108 valence electrons. The average Bonchev–Trinajstić information content (AvgIpc) is 2.95. The number of nitrogens with zero attached hydrogens (tertiary/aromatic N) is 1. The van der Waals surface area contributed by atoms with Gasteiger partial charge in [-0.1, -0.05) is 18.3 Å².